The standard InChI is InChI=1S/C15H12BrF3N2/c1-10(11-6-8-12(16)9-7-11)20-21-14-5-3-2-4-13(14)15(17,18)19/h2-9,21H,1H3/b20-10-. The number of alkyl halides is 3. The Morgan fingerprint density at radius 3 is 2.29 bits per heavy atom. The second-order valence-electron chi connectivity index (χ2n) is 4.36. The lowest BCUT2D eigenvalue weighted by Crippen LogP contribution is -2.09. The molecule has 1 N–H and O–H groups in total. The lowest BCUT2D eigenvalue weighted by Gasteiger charge is -2.12. The molecule has 0 saturated carbocycles. The molecule has 2 rings (SSSR count). The van der Waals surface area contributed by atoms with Gasteiger partial charge in [-0.1, -0.05) is 40.2 Å². The molecule has 21 heavy (non-hydrogen) atoms. The van der Waals surface area contributed by atoms with Crippen molar-refractivity contribution in [2.45, 2.75) is 13.1 Å². The second-order valence-corrected chi connectivity index (χ2v) is 5.27. The number of rotatable bonds is 3. The summed E-state index contributed by atoms with van der Waals surface area (Å²) in [6, 6.07) is 12.6. The van der Waals surface area contributed by atoms with Gasteiger partial charge in [0.05, 0.1) is 17.0 Å². The summed E-state index contributed by atoms with van der Waals surface area (Å²) in [5.41, 5.74) is 3.11. The highest BCUT2D eigenvalue weighted by molar-refractivity contribution is 9.10. The van der Waals surface area contributed by atoms with Gasteiger partial charge in [0.25, 0.3) is 0 Å². The van der Waals surface area contributed by atoms with E-state index in [1.807, 2.05) is 24.3 Å². The van der Waals surface area contributed by atoms with Gasteiger partial charge in [-0.05, 0) is 36.8 Å². The number of halogens is 4. The van der Waals surface area contributed by atoms with Gasteiger partial charge in [0.1, 0.15) is 0 Å². The topological polar surface area (TPSA) is 24.4 Å². The average Bonchev–Trinajstić information content (AvgIpc) is 2.45. The summed E-state index contributed by atoms with van der Waals surface area (Å²) < 4.78 is 39.5. The molecule has 110 valence electrons. The minimum Gasteiger partial charge on any atom is -0.278 e. The molecule has 0 aliphatic carbocycles. The molecule has 0 radical (unpaired) electrons. The fourth-order valence-corrected chi connectivity index (χ4v) is 1.99. The number of nitrogens with zero attached hydrogens (tertiary/aromatic N) is 1. The molecule has 0 fully saturated rings. The van der Waals surface area contributed by atoms with Gasteiger partial charge < -0.3 is 0 Å². The van der Waals surface area contributed by atoms with E-state index >= 15 is 0 Å². The van der Waals surface area contributed by atoms with E-state index in [-0.39, 0.29) is 5.69 Å². The van der Waals surface area contributed by atoms with E-state index in [1.54, 1.807) is 6.92 Å². The Bertz CT molecular complexity index is 649. The predicted octanol–water partition coefficient (Wildman–Crippen LogP) is 5.30. The minimum atomic E-state index is -4.41. The molecule has 2 aromatic rings. The van der Waals surface area contributed by atoms with Crippen LogP contribution in [-0.4, -0.2) is 5.71 Å². The molecular weight excluding hydrogens is 345 g/mol. The zero-order valence-corrected chi connectivity index (χ0v) is 12.7. The smallest absolute Gasteiger partial charge is 0.278 e. The molecule has 0 spiro atoms. The van der Waals surface area contributed by atoms with Gasteiger partial charge in [-0.15, -0.1) is 0 Å². The third kappa shape index (κ3) is 4.07. The van der Waals surface area contributed by atoms with Crippen LogP contribution < -0.4 is 5.43 Å². The summed E-state index contributed by atoms with van der Waals surface area (Å²) in [5.74, 6) is 0. The van der Waals surface area contributed by atoms with Crippen LogP contribution in [0.5, 0.6) is 0 Å². The number of nitrogens with one attached hydrogen (secondary N) is 1. The zero-order valence-electron chi connectivity index (χ0n) is 11.1. The Morgan fingerprint density at radius 2 is 1.67 bits per heavy atom. The van der Waals surface area contributed by atoms with E-state index in [1.165, 1.54) is 18.2 Å². The van der Waals surface area contributed by atoms with Crippen molar-refractivity contribution in [1.82, 2.24) is 0 Å². The Hall–Kier alpha value is -1.82. The molecule has 0 atom stereocenters. The number of hydrazone groups is 1. The molecule has 6 heteroatoms. The molecule has 0 unspecified atom stereocenters. The summed E-state index contributed by atoms with van der Waals surface area (Å²) in [6.45, 7) is 1.73. The second kappa shape index (κ2) is 6.30. The molecule has 0 aliphatic rings. The van der Waals surface area contributed by atoms with Crippen LogP contribution in [0.2, 0.25) is 0 Å². The number of hydrogen-bond donors (Lipinski definition) is 1. The summed E-state index contributed by atoms with van der Waals surface area (Å²) >= 11 is 3.32. The van der Waals surface area contributed by atoms with Gasteiger partial charge in [0.15, 0.2) is 0 Å². The SMILES string of the molecule is C/C(=N/Nc1ccccc1C(F)(F)F)c1ccc(Br)cc1. The maximum absolute atomic E-state index is 12.8. The number of para-hydroxylation sites is 1. The molecule has 0 bridgehead atoms. The maximum atomic E-state index is 12.8. The zero-order chi connectivity index (χ0) is 15.5. The lowest BCUT2D eigenvalue weighted by atomic mass is 10.1. The van der Waals surface area contributed by atoms with E-state index in [2.05, 4.69) is 26.5 Å². The predicted molar refractivity (Wildman–Crippen MR) is 81.4 cm³/mol. The van der Waals surface area contributed by atoms with Crippen LogP contribution in [-0.2, 0) is 6.18 Å². The molecule has 2 nitrogen and oxygen atoms in total. The molecule has 0 amide bonds. The molecular formula is C15H12BrF3N2. The summed E-state index contributed by atoms with van der Waals surface area (Å²) in [7, 11) is 0. The highest BCUT2D eigenvalue weighted by Gasteiger charge is 2.33. The van der Waals surface area contributed by atoms with Crippen molar-refractivity contribution in [2.24, 2.45) is 5.10 Å². The minimum absolute atomic E-state index is 0.0681. The Balaban J connectivity index is 2.23. The van der Waals surface area contributed by atoms with Gasteiger partial charge >= 0.3 is 6.18 Å². The largest absolute Gasteiger partial charge is 0.418 e. The van der Waals surface area contributed by atoms with Crippen LogP contribution in [0.25, 0.3) is 0 Å². The first-order chi connectivity index (χ1) is 9.88. The molecule has 0 aliphatic heterocycles. The van der Waals surface area contributed by atoms with Crippen LogP contribution in [0.4, 0.5) is 18.9 Å². The van der Waals surface area contributed by atoms with E-state index in [0.717, 1.165) is 16.1 Å². The summed E-state index contributed by atoms with van der Waals surface area (Å²) in [5, 5.41) is 4.02. The molecule has 0 aromatic heterocycles. The van der Waals surface area contributed by atoms with Crippen molar-refractivity contribution in [3.05, 3.63) is 64.1 Å². The monoisotopic (exact) mass is 356 g/mol. The number of anilines is 1. The Kier molecular flexibility index (Phi) is 4.67. The summed E-state index contributed by atoms with van der Waals surface area (Å²) in [6.07, 6.45) is -4.41. The fraction of sp³-hybridized carbons (Fsp3) is 0.133. The first-order valence-electron chi connectivity index (χ1n) is 6.10. The summed E-state index contributed by atoms with van der Waals surface area (Å²) in [4.78, 5) is 0. The highest BCUT2D eigenvalue weighted by atomic mass is 79.9. The van der Waals surface area contributed by atoms with Crippen molar-refractivity contribution in [3.63, 3.8) is 0 Å². The first kappa shape index (κ1) is 15.6. The number of hydrogen-bond acceptors (Lipinski definition) is 2. The van der Waals surface area contributed by atoms with Crippen molar-refractivity contribution >= 4 is 27.3 Å². The molecule has 2 aromatic carbocycles. The van der Waals surface area contributed by atoms with Crippen LogP contribution in [0.15, 0.2) is 58.1 Å². The first-order valence-corrected chi connectivity index (χ1v) is 6.89. The van der Waals surface area contributed by atoms with E-state index in [9.17, 15) is 13.2 Å². The van der Waals surface area contributed by atoms with Crippen LogP contribution >= 0.6 is 15.9 Å². The third-order valence-corrected chi connectivity index (χ3v) is 3.37. The quantitative estimate of drug-likeness (QED) is 0.585. The average molecular weight is 357 g/mol. The number of benzene rings is 2. The van der Waals surface area contributed by atoms with Crippen molar-refractivity contribution in [3.8, 4) is 0 Å². The Labute approximate surface area is 128 Å². The lowest BCUT2D eigenvalue weighted by molar-refractivity contribution is -0.136. The van der Waals surface area contributed by atoms with Gasteiger partial charge in [-0.2, -0.15) is 18.3 Å². The van der Waals surface area contributed by atoms with E-state index in [0.29, 0.717) is 5.71 Å². The maximum Gasteiger partial charge on any atom is 0.418 e. The molecule has 0 heterocycles. The van der Waals surface area contributed by atoms with Gasteiger partial charge in [-0.3, -0.25) is 5.43 Å². The molecule has 0 saturated heterocycles. The normalized spacial score (nSPS) is 12.3. The van der Waals surface area contributed by atoms with Crippen LogP contribution in [0, 0.1) is 0 Å². The van der Waals surface area contributed by atoms with Crippen molar-refractivity contribution in [1.29, 1.82) is 0 Å². The van der Waals surface area contributed by atoms with Gasteiger partial charge in [0, 0.05) is 4.47 Å². The fourth-order valence-electron chi connectivity index (χ4n) is 1.73. The van der Waals surface area contributed by atoms with Gasteiger partial charge in [-0.25, -0.2) is 0 Å². The van der Waals surface area contributed by atoms with Crippen molar-refractivity contribution in [2.75, 3.05) is 5.43 Å². The highest BCUT2D eigenvalue weighted by Crippen LogP contribution is 2.34. The van der Waals surface area contributed by atoms with Crippen LogP contribution in [0.3, 0.4) is 0 Å². The van der Waals surface area contributed by atoms with E-state index < -0.39 is 11.7 Å². The van der Waals surface area contributed by atoms with Gasteiger partial charge in [0.2, 0.25) is 0 Å². The van der Waals surface area contributed by atoms with Crippen LogP contribution in [0.1, 0.15) is 18.1 Å². The third-order valence-electron chi connectivity index (χ3n) is 2.84. The van der Waals surface area contributed by atoms with E-state index in [4.69, 9.17) is 0 Å². The Morgan fingerprint density at radius 1 is 1.05 bits per heavy atom. The van der Waals surface area contributed by atoms with Crippen molar-refractivity contribution < 1.29 is 13.2 Å².